The van der Waals surface area contributed by atoms with Gasteiger partial charge in [-0.05, 0) is 42.3 Å². The lowest BCUT2D eigenvalue weighted by atomic mass is 10.1. The van der Waals surface area contributed by atoms with Crippen molar-refractivity contribution in [2.75, 3.05) is 31.6 Å². The van der Waals surface area contributed by atoms with Crippen LogP contribution in [0.5, 0.6) is 5.75 Å². The molecule has 5 nitrogen and oxygen atoms in total. The maximum atomic E-state index is 12.1. The summed E-state index contributed by atoms with van der Waals surface area (Å²) >= 11 is 6.34. The number of rotatable bonds is 4. The second kappa shape index (κ2) is 8.34. The molecule has 0 atom stereocenters. The molecule has 2 aromatic rings. The first-order valence-corrected chi connectivity index (χ1v) is 8.62. The fraction of sp³-hybridized carbons (Fsp3) is 0.316. The van der Waals surface area contributed by atoms with Crippen LogP contribution in [0.25, 0.3) is 0 Å². The third-order valence-electron chi connectivity index (χ3n) is 4.15. The van der Waals surface area contributed by atoms with Crippen molar-refractivity contribution in [3.8, 4) is 5.75 Å². The zero-order chi connectivity index (χ0) is 17.6. The van der Waals surface area contributed by atoms with Crippen molar-refractivity contribution >= 4 is 23.4 Å². The minimum absolute atomic E-state index is 0.492. The van der Waals surface area contributed by atoms with Crippen LogP contribution in [0.3, 0.4) is 0 Å². The molecule has 1 fully saturated rings. The van der Waals surface area contributed by atoms with Crippen molar-refractivity contribution in [2.24, 2.45) is 0 Å². The SMILES string of the molecule is Cc1c(Cl)cc(NC(=O)Oc2ccccc2)cc1CN1CCOCC1. The van der Waals surface area contributed by atoms with Crippen LogP contribution in [0, 0.1) is 6.92 Å². The Morgan fingerprint density at radius 1 is 1.24 bits per heavy atom. The number of hydrogen-bond donors (Lipinski definition) is 1. The number of nitrogens with one attached hydrogen (secondary N) is 1. The van der Waals surface area contributed by atoms with Gasteiger partial charge in [-0.25, -0.2) is 4.79 Å². The molecule has 1 aliphatic heterocycles. The van der Waals surface area contributed by atoms with Crippen LogP contribution in [0.1, 0.15) is 11.1 Å². The second-order valence-corrected chi connectivity index (χ2v) is 6.37. The summed E-state index contributed by atoms with van der Waals surface area (Å²) < 4.78 is 10.6. The molecular weight excluding hydrogens is 340 g/mol. The van der Waals surface area contributed by atoms with Gasteiger partial charge in [-0.3, -0.25) is 10.2 Å². The monoisotopic (exact) mass is 360 g/mol. The Morgan fingerprint density at radius 3 is 2.68 bits per heavy atom. The van der Waals surface area contributed by atoms with E-state index in [9.17, 15) is 4.79 Å². The third kappa shape index (κ3) is 4.95. The van der Waals surface area contributed by atoms with Gasteiger partial charge < -0.3 is 9.47 Å². The largest absolute Gasteiger partial charge is 0.417 e. The zero-order valence-corrected chi connectivity index (χ0v) is 14.9. The highest BCUT2D eigenvalue weighted by molar-refractivity contribution is 6.31. The molecule has 0 aromatic heterocycles. The highest BCUT2D eigenvalue weighted by Crippen LogP contribution is 2.26. The van der Waals surface area contributed by atoms with Crippen molar-refractivity contribution in [2.45, 2.75) is 13.5 Å². The molecule has 3 rings (SSSR count). The smallest absolute Gasteiger partial charge is 0.410 e. The molecule has 132 valence electrons. The Kier molecular flexibility index (Phi) is 5.91. The van der Waals surface area contributed by atoms with E-state index in [0.29, 0.717) is 16.5 Å². The normalized spacial score (nSPS) is 15.0. The quantitative estimate of drug-likeness (QED) is 0.892. The first-order chi connectivity index (χ1) is 12.1. The highest BCUT2D eigenvalue weighted by atomic mass is 35.5. The zero-order valence-electron chi connectivity index (χ0n) is 14.1. The van der Waals surface area contributed by atoms with Gasteiger partial charge in [-0.15, -0.1) is 0 Å². The van der Waals surface area contributed by atoms with E-state index >= 15 is 0 Å². The molecule has 0 aliphatic carbocycles. The van der Waals surface area contributed by atoms with Crippen LogP contribution in [0.15, 0.2) is 42.5 Å². The summed E-state index contributed by atoms with van der Waals surface area (Å²) in [6, 6.07) is 12.6. The van der Waals surface area contributed by atoms with Crippen molar-refractivity contribution in [1.82, 2.24) is 4.90 Å². The summed E-state index contributed by atoms with van der Waals surface area (Å²) in [4.78, 5) is 14.4. The van der Waals surface area contributed by atoms with E-state index < -0.39 is 6.09 Å². The fourth-order valence-corrected chi connectivity index (χ4v) is 2.95. The average Bonchev–Trinajstić information content (AvgIpc) is 2.61. The lowest BCUT2D eigenvalue weighted by Crippen LogP contribution is -2.35. The van der Waals surface area contributed by atoms with Crippen LogP contribution in [-0.2, 0) is 11.3 Å². The maximum absolute atomic E-state index is 12.1. The van der Waals surface area contributed by atoms with E-state index in [-0.39, 0.29) is 0 Å². The molecule has 1 heterocycles. The van der Waals surface area contributed by atoms with E-state index in [1.165, 1.54) is 0 Å². The first-order valence-electron chi connectivity index (χ1n) is 8.25. The molecule has 1 saturated heterocycles. The second-order valence-electron chi connectivity index (χ2n) is 5.96. The number of carbonyl (C=O) groups is 1. The van der Waals surface area contributed by atoms with Gasteiger partial charge >= 0.3 is 6.09 Å². The number of para-hydroxylation sites is 1. The molecular formula is C19H21ClN2O3. The highest BCUT2D eigenvalue weighted by Gasteiger charge is 2.15. The van der Waals surface area contributed by atoms with Crippen LogP contribution < -0.4 is 10.1 Å². The molecule has 1 aliphatic rings. The molecule has 0 saturated carbocycles. The topological polar surface area (TPSA) is 50.8 Å². The van der Waals surface area contributed by atoms with E-state index in [2.05, 4.69) is 10.2 Å². The number of amides is 1. The predicted octanol–water partition coefficient (Wildman–Crippen LogP) is 4.09. The molecule has 1 N–H and O–H groups in total. The minimum Gasteiger partial charge on any atom is -0.410 e. The van der Waals surface area contributed by atoms with Crippen molar-refractivity contribution in [3.05, 3.63) is 58.6 Å². The summed E-state index contributed by atoms with van der Waals surface area (Å²) in [7, 11) is 0. The molecule has 0 spiro atoms. The molecule has 2 aromatic carbocycles. The number of morpholine rings is 1. The predicted molar refractivity (Wildman–Crippen MR) is 98.4 cm³/mol. The summed E-state index contributed by atoms with van der Waals surface area (Å²) in [5.41, 5.74) is 2.74. The average molecular weight is 361 g/mol. The summed E-state index contributed by atoms with van der Waals surface area (Å²) in [5, 5.41) is 3.37. The first kappa shape index (κ1) is 17.7. The van der Waals surface area contributed by atoms with E-state index in [1.54, 1.807) is 18.2 Å². The number of hydrogen-bond acceptors (Lipinski definition) is 4. The van der Waals surface area contributed by atoms with Crippen LogP contribution in [-0.4, -0.2) is 37.3 Å². The minimum atomic E-state index is -0.538. The van der Waals surface area contributed by atoms with Crippen molar-refractivity contribution in [1.29, 1.82) is 0 Å². The number of nitrogens with zero attached hydrogens (tertiary/aromatic N) is 1. The van der Waals surface area contributed by atoms with Gasteiger partial charge in [0, 0.05) is 30.3 Å². The summed E-state index contributed by atoms with van der Waals surface area (Å²) in [6.45, 7) is 6.04. The molecule has 0 radical (unpaired) electrons. The lowest BCUT2D eigenvalue weighted by Gasteiger charge is -2.27. The Bertz CT molecular complexity index is 731. The van der Waals surface area contributed by atoms with Crippen molar-refractivity contribution in [3.63, 3.8) is 0 Å². The number of ether oxygens (including phenoxy) is 2. The number of halogens is 1. The number of benzene rings is 2. The van der Waals surface area contributed by atoms with E-state index in [1.807, 2.05) is 31.2 Å². The van der Waals surface area contributed by atoms with Gasteiger partial charge in [-0.2, -0.15) is 0 Å². The Balaban J connectivity index is 1.69. The van der Waals surface area contributed by atoms with E-state index in [4.69, 9.17) is 21.1 Å². The molecule has 25 heavy (non-hydrogen) atoms. The lowest BCUT2D eigenvalue weighted by molar-refractivity contribution is 0.0341. The summed E-state index contributed by atoms with van der Waals surface area (Å²) in [6.07, 6.45) is -0.538. The Morgan fingerprint density at radius 2 is 1.96 bits per heavy atom. The fourth-order valence-electron chi connectivity index (χ4n) is 2.71. The van der Waals surface area contributed by atoms with Crippen LogP contribution in [0.2, 0.25) is 5.02 Å². The standard InChI is InChI=1S/C19H21ClN2O3/c1-14-15(13-22-7-9-24-10-8-22)11-16(12-18(14)20)21-19(23)25-17-5-3-2-4-6-17/h2-6,11-12H,7-10,13H2,1H3,(H,21,23). The molecule has 6 heteroatoms. The molecule has 1 amide bonds. The molecule has 0 unspecified atom stereocenters. The van der Waals surface area contributed by atoms with Crippen LogP contribution >= 0.6 is 11.6 Å². The van der Waals surface area contributed by atoms with Crippen molar-refractivity contribution < 1.29 is 14.3 Å². The number of anilines is 1. The van der Waals surface area contributed by atoms with Gasteiger partial charge in [-0.1, -0.05) is 29.8 Å². The van der Waals surface area contributed by atoms with Gasteiger partial charge in [0.25, 0.3) is 0 Å². The maximum Gasteiger partial charge on any atom is 0.417 e. The van der Waals surface area contributed by atoms with Gasteiger partial charge in [0.15, 0.2) is 0 Å². The third-order valence-corrected chi connectivity index (χ3v) is 4.54. The number of carbonyl (C=O) groups excluding carboxylic acids is 1. The van der Waals surface area contributed by atoms with Gasteiger partial charge in [0.2, 0.25) is 0 Å². The van der Waals surface area contributed by atoms with Gasteiger partial charge in [0.1, 0.15) is 5.75 Å². The Hall–Kier alpha value is -2.08. The Labute approximate surface area is 152 Å². The van der Waals surface area contributed by atoms with Gasteiger partial charge in [0.05, 0.1) is 13.2 Å². The van der Waals surface area contributed by atoms with Crippen LogP contribution in [0.4, 0.5) is 10.5 Å². The summed E-state index contributed by atoms with van der Waals surface area (Å²) in [5.74, 6) is 0.492. The van der Waals surface area contributed by atoms with E-state index in [0.717, 1.165) is 44.0 Å². The molecule has 0 bridgehead atoms.